The zero-order valence-electron chi connectivity index (χ0n) is 25.5. The van der Waals surface area contributed by atoms with Crippen LogP contribution in [0.3, 0.4) is 0 Å². The summed E-state index contributed by atoms with van der Waals surface area (Å²) in [4.78, 5) is 0. The average Bonchev–Trinajstić information content (AvgIpc) is 2.81. The minimum atomic E-state index is 0.856. The van der Waals surface area contributed by atoms with E-state index in [1.165, 1.54) is 89.9 Å². The van der Waals surface area contributed by atoms with Crippen molar-refractivity contribution in [3.63, 3.8) is 0 Å². The summed E-state index contributed by atoms with van der Waals surface area (Å²) in [6.45, 7) is 25.8. The first-order valence-electron chi connectivity index (χ1n) is 13.7. The van der Waals surface area contributed by atoms with Gasteiger partial charge in [-0.25, -0.2) is 0 Å². The molecule has 208 valence electrons. The van der Waals surface area contributed by atoms with Crippen molar-refractivity contribution < 1.29 is 0 Å². The Morgan fingerprint density at radius 3 is 1.22 bits per heavy atom. The summed E-state index contributed by atoms with van der Waals surface area (Å²) in [5.74, 6) is 3.24. The first-order chi connectivity index (χ1) is 17.1. The number of allylic oxidation sites excluding steroid dienone is 10. The van der Waals surface area contributed by atoms with E-state index in [1.54, 1.807) is 0 Å². The van der Waals surface area contributed by atoms with Crippen molar-refractivity contribution >= 4 is 24.4 Å². The SMILES string of the molecule is C=C.CC(C)=CCC/C(C)=C/CC/C(C)=C/CS.CCSC/C=C(\C)CC/C=C(\C)CCC=C(C)C. The van der Waals surface area contributed by atoms with Crippen LogP contribution in [-0.4, -0.2) is 17.3 Å². The van der Waals surface area contributed by atoms with Gasteiger partial charge in [0.15, 0.2) is 0 Å². The minimum Gasteiger partial charge on any atom is -0.175 e. The van der Waals surface area contributed by atoms with Gasteiger partial charge in [0, 0.05) is 11.5 Å². The summed E-state index contributed by atoms with van der Waals surface area (Å²) in [5, 5.41) is 0. The van der Waals surface area contributed by atoms with Crippen molar-refractivity contribution in [3.8, 4) is 0 Å². The molecule has 0 nitrogen and oxygen atoms in total. The summed E-state index contributed by atoms with van der Waals surface area (Å²) in [5.41, 5.74) is 8.86. The van der Waals surface area contributed by atoms with Crippen LogP contribution in [0.2, 0.25) is 0 Å². The lowest BCUT2D eigenvalue weighted by Gasteiger charge is -2.01. The van der Waals surface area contributed by atoms with Gasteiger partial charge in [0.25, 0.3) is 0 Å². The van der Waals surface area contributed by atoms with Gasteiger partial charge < -0.3 is 0 Å². The topological polar surface area (TPSA) is 0 Å². The molecular weight excluding hydrogens is 473 g/mol. The zero-order valence-corrected chi connectivity index (χ0v) is 27.2. The van der Waals surface area contributed by atoms with Crippen molar-refractivity contribution in [1.29, 1.82) is 0 Å². The van der Waals surface area contributed by atoms with Crippen LogP contribution >= 0.6 is 24.4 Å². The first kappa shape index (κ1) is 39.4. The highest BCUT2D eigenvalue weighted by molar-refractivity contribution is 7.99. The number of thiol groups is 1. The Morgan fingerprint density at radius 2 is 0.889 bits per heavy atom. The monoisotopic (exact) mass is 532 g/mol. The molecule has 0 heterocycles. The van der Waals surface area contributed by atoms with Crippen LogP contribution in [0.15, 0.2) is 83.1 Å². The molecule has 0 bridgehead atoms. The smallest absolute Gasteiger partial charge is 0.0115 e. The van der Waals surface area contributed by atoms with Gasteiger partial charge in [-0.2, -0.15) is 24.4 Å². The molecule has 0 amide bonds. The molecule has 0 spiro atoms. The second-order valence-electron chi connectivity index (χ2n) is 9.76. The molecule has 36 heavy (non-hydrogen) atoms. The van der Waals surface area contributed by atoms with E-state index in [-0.39, 0.29) is 0 Å². The summed E-state index contributed by atoms with van der Waals surface area (Å²) in [6.07, 6.45) is 23.5. The Bertz CT molecular complexity index is 691. The molecule has 2 heteroatoms. The van der Waals surface area contributed by atoms with Gasteiger partial charge in [0.2, 0.25) is 0 Å². The second-order valence-corrected chi connectivity index (χ2v) is 11.4. The Kier molecular flexibility index (Phi) is 32.9. The minimum absolute atomic E-state index is 0.856. The highest BCUT2D eigenvalue weighted by atomic mass is 32.2. The van der Waals surface area contributed by atoms with Crippen LogP contribution in [0.25, 0.3) is 0 Å². The lowest BCUT2D eigenvalue weighted by Crippen LogP contribution is -1.82. The van der Waals surface area contributed by atoms with Gasteiger partial charge in [0.1, 0.15) is 0 Å². The van der Waals surface area contributed by atoms with Crippen molar-refractivity contribution in [2.45, 2.75) is 114 Å². The number of hydrogen-bond donors (Lipinski definition) is 1. The van der Waals surface area contributed by atoms with Gasteiger partial charge in [-0.3, -0.25) is 0 Å². The Hall–Kier alpha value is -1.12. The molecule has 0 atom stereocenters. The molecule has 0 saturated heterocycles. The first-order valence-corrected chi connectivity index (χ1v) is 15.5. The van der Waals surface area contributed by atoms with Crippen LogP contribution in [0, 0.1) is 0 Å². The third-order valence-corrected chi connectivity index (χ3v) is 6.43. The van der Waals surface area contributed by atoms with Crippen LogP contribution in [0.1, 0.15) is 114 Å². The molecule has 0 aliphatic heterocycles. The molecule has 0 rings (SSSR count). The standard InChI is InChI=1S/C17H30S.C15H26S.C2H4/c1-6-18-14-13-17(5)12-8-11-16(4)10-7-9-15(2)3;1-13(2)7-5-8-14(3)9-6-10-15(4)11-12-16;1-2/h9,11,13H,6-8,10,12,14H2,1-5H3;7,9,11,16H,5-6,8,10,12H2,1-4H3;1-2H2/b16-11+,17-13+;14-9+,15-11+;. The molecule has 0 aromatic heterocycles. The molecule has 0 saturated carbocycles. The van der Waals surface area contributed by atoms with E-state index in [1.807, 2.05) is 11.8 Å². The van der Waals surface area contributed by atoms with Gasteiger partial charge in [-0.1, -0.05) is 76.8 Å². The van der Waals surface area contributed by atoms with E-state index in [9.17, 15) is 0 Å². The highest BCUT2D eigenvalue weighted by Crippen LogP contribution is 2.13. The summed E-state index contributed by atoms with van der Waals surface area (Å²) in [6, 6.07) is 0. The van der Waals surface area contributed by atoms with Crippen molar-refractivity contribution in [2.75, 3.05) is 17.3 Å². The van der Waals surface area contributed by atoms with Gasteiger partial charge in [-0.05, 0) is 113 Å². The molecule has 0 aliphatic carbocycles. The van der Waals surface area contributed by atoms with Gasteiger partial charge in [-0.15, -0.1) is 13.2 Å². The fraction of sp³-hybridized carbons (Fsp3) is 0.588. The summed E-state index contributed by atoms with van der Waals surface area (Å²) >= 11 is 6.18. The molecular formula is C34H60S2. The summed E-state index contributed by atoms with van der Waals surface area (Å²) < 4.78 is 0. The van der Waals surface area contributed by atoms with Crippen molar-refractivity contribution in [3.05, 3.63) is 83.1 Å². The van der Waals surface area contributed by atoms with Crippen molar-refractivity contribution in [1.82, 2.24) is 0 Å². The van der Waals surface area contributed by atoms with E-state index < -0.39 is 0 Å². The van der Waals surface area contributed by atoms with Crippen LogP contribution in [0.4, 0.5) is 0 Å². The van der Waals surface area contributed by atoms with E-state index >= 15 is 0 Å². The largest absolute Gasteiger partial charge is 0.175 e. The number of thioether (sulfide) groups is 1. The predicted octanol–water partition coefficient (Wildman–Crippen LogP) is 12.3. The fourth-order valence-electron chi connectivity index (χ4n) is 3.15. The zero-order chi connectivity index (χ0) is 28.2. The van der Waals surface area contributed by atoms with E-state index in [2.05, 4.69) is 125 Å². The highest BCUT2D eigenvalue weighted by Gasteiger charge is 1.93. The van der Waals surface area contributed by atoms with Crippen LogP contribution < -0.4 is 0 Å². The maximum Gasteiger partial charge on any atom is 0.0115 e. The molecule has 0 aromatic carbocycles. The maximum absolute atomic E-state index is 4.19. The number of hydrogen-bond acceptors (Lipinski definition) is 2. The quantitative estimate of drug-likeness (QED) is 0.117. The van der Waals surface area contributed by atoms with Crippen molar-refractivity contribution in [2.24, 2.45) is 0 Å². The molecule has 0 aromatic rings. The van der Waals surface area contributed by atoms with Gasteiger partial charge >= 0.3 is 0 Å². The van der Waals surface area contributed by atoms with E-state index in [0.29, 0.717) is 0 Å². The van der Waals surface area contributed by atoms with E-state index in [0.717, 1.165) is 12.2 Å². The molecule has 0 unspecified atom stereocenters. The molecule has 0 radical (unpaired) electrons. The third-order valence-electron chi connectivity index (χ3n) is 5.44. The molecule has 0 fully saturated rings. The average molecular weight is 533 g/mol. The van der Waals surface area contributed by atoms with Gasteiger partial charge in [0.05, 0.1) is 0 Å². The number of rotatable bonds is 16. The van der Waals surface area contributed by atoms with Crippen LogP contribution in [0.5, 0.6) is 0 Å². The lowest BCUT2D eigenvalue weighted by molar-refractivity contribution is 0.917. The molecule has 0 aliphatic rings. The lowest BCUT2D eigenvalue weighted by atomic mass is 10.1. The fourth-order valence-corrected chi connectivity index (χ4v) is 4.10. The Morgan fingerprint density at radius 1 is 0.556 bits per heavy atom. The summed E-state index contributed by atoms with van der Waals surface area (Å²) in [7, 11) is 0. The van der Waals surface area contributed by atoms with Crippen LogP contribution in [-0.2, 0) is 0 Å². The third kappa shape index (κ3) is 35.0. The Labute approximate surface area is 237 Å². The molecule has 0 N–H and O–H groups in total. The maximum atomic E-state index is 4.19. The normalized spacial score (nSPS) is 12.2. The van der Waals surface area contributed by atoms with E-state index in [4.69, 9.17) is 0 Å². The predicted molar refractivity (Wildman–Crippen MR) is 179 cm³/mol. The Balaban J connectivity index is -0.000000569. The second kappa shape index (κ2) is 30.1.